The summed E-state index contributed by atoms with van der Waals surface area (Å²) in [4.78, 5) is 12.1. The van der Waals surface area contributed by atoms with Crippen LogP contribution in [0.2, 0.25) is 0 Å². The lowest BCUT2D eigenvalue weighted by atomic mass is 10.2. The van der Waals surface area contributed by atoms with E-state index in [0.29, 0.717) is 6.54 Å². The molecule has 0 atom stereocenters. The predicted octanol–water partition coefficient (Wildman–Crippen LogP) is 1.73. The molecule has 12 heavy (non-hydrogen) atoms. The van der Waals surface area contributed by atoms with Crippen LogP contribution in [0.4, 0.5) is 10.5 Å². The quantitative estimate of drug-likeness (QED) is 0.632. The minimum Gasteiger partial charge on any atom is -0.465 e. The first-order valence-corrected chi connectivity index (χ1v) is 3.87. The van der Waals surface area contributed by atoms with Crippen LogP contribution in [0.1, 0.15) is 5.56 Å². The number of benzene rings is 1. The van der Waals surface area contributed by atoms with Gasteiger partial charge in [-0.3, -0.25) is 4.90 Å². The number of nitrogens with zero attached hydrogens (tertiary/aromatic N) is 1. The van der Waals surface area contributed by atoms with Crippen molar-refractivity contribution in [1.82, 2.24) is 0 Å². The maximum absolute atomic E-state index is 10.7. The van der Waals surface area contributed by atoms with E-state index in [1.807, 2.05) is 24.3 Å². The van der Waals surface area contributed by atoms with Crippen molar-refractivity contribution in [2.45, 2.75) is 6.42 Å². The second-order valence-corrected chi connectivity index (χ2v) is 2.81. The lowest BCUT2D eigenvalue weighted by Crippen LogP contribution is -2.26. The fourth-order valence-electron chi connectivity index (χ4n) is 1.54. The fourth-order valence-corrected chi connectivity index (χ4v) is 1.54. The van der Waals surface area contributed by atoms with Crippen LogP contribution in [0, 0.1) is 0 Å². The molecule has 0 saturated heterocycles. The smallest absolute Gasteiger partial charge is 0.411 e. The third-order valence-corrected chi connectivity index (χ3v) is 2.12. The van der Waals surface area contributed by atoms with Crippen LogP contribution in [0.5, 0.6) is 0 Å². The first-order valence-electron chi connectivity index (χ1n) is 3.87. The molecule has 0 aromatic heterocycles. The molecule has 3 nitrogen and oxygen atoms in total. The Morgan fingerprint density at radius 3 is 2.92 bits per heavy atom. The number of fused-ring (bicyclic) bond motifs is 1. The van der Waals surface area contributed by atoms with Crippen molar-refractivity contribution >= 4 is 11.8 Å². The number of para-hydroxylation sites is 1. The molecule has 1 aromatic rings. The summed E-state index contributed by atoms with van der Waals surface area (Å²) < 4.78 is 0. The van der Waals surface area contributed by atoms with Gasteiger partial charge in [-0.1, -0.05) is 18.2 Å². The van der Waals surface area contributed by atoms with Crippen molar-refractivity contribution in [2.75, 3.05) is 11.4 Å². The zero-order valence-corrected chi connectivity index (χ0v) is 6.53. The summed E-state index contributed by atoms with van der Waals surface area (Å²) in [6.07, 6.45) is -0.0254. The second kappa shape index (κ2) is 2.52. The summed E-state index contributed by atoms with van der Waals surface area (Å²) in [5.74, 6) is 0. The topological polar surface area (TPSA) is 40.5 Å². The average molecular weight is 163 g/mol. The van der Waals surface area contributed by atoms with E-state index in [-0.39, 0.29) is 0 Å². The van der Waals surface area contributed by atoms with Crippen molar-refractivity contribution in [1.29, 1.82) is 0 Å². The van der Waals surface area contributed by atoms with Crippen LogP contribution in [-0.4, -0.2) is 17.7 Å². The molecule has 0 aliphatic carbocycles. The highest BCUT2D eigenvalue weighted by molar-refractivity contribution is 5.88. The molecule has 3 heteroatoms. The van der Waals surface area contributed by atoms with Gasteiger partial charge in [0.15, 0.2) is 0 Å². The molecule has 1 aliphatic rings. The van der Waals surface area contributed by atoms with Gasteiger partial charge in [0.25, 0.3) is 0 Å². The maximum atomic E-state index is 10.7. The Labute approximate surface area is 70.2 Å². The lowest BCUT2D eigenvalue weighted by molar-refractivity contribution is 0.202. The number of carbonyl (C=O) groups is 1. The molecule has 0 bridgehead atoms. The highest BCUT2D eigenvalue weighted by Crippen LogP contribution is 2.26. The van der Waals surface area contributed by atoms with Crippen LogP contribution >= 0.6 is 0 Å². The second-order valence-electron chi connectivity index (χ2n) is 2.81. The van der Waals surface area contributed by atoms with Crippen molar-refractivity contribution in [3.05, 3.63) is 29.8 Å². The van der Waals surface area contributed by atoms with Gasteiger partial charge < -0.3 is 5.11 Å². The Hall–Kier alpha value is -1.51. The van der Waals surface area contributed by atoms with E-state index in [4.69, 9.17) is 5.11 Å². The molecule has 2 rings (SSSR count). The zero-order valence-electron chi connectivity index (χ0n) is 6.53. The molecule has 0 radical (unpaired) electrons. The molecule has 1 aromatic carbocycles. The third kappa shape index (κ3) is 0.942. The summed E-state index contributed by atoms with van der Waals surface area (Å²) in [7, 11) is 0. The molecule has 1 amide bonds. The van der Waals surface area contributed by atoms with Gasteiger partial charge in [0.2, 0.25) is 0 Å². The van der Waals surface area contributed by atoms with Gasteiger partial charge in [-0.2, -0.15) is 0 Å². The molecule has 0 saturated carbocycles. The standard InChI is InChI=1S/C9H9NO2/c11-9(12)10-6-5-7-3-1-2-4-8(7)10/h1-4H,5-6H2,(H,11,12). The summed E-state index contributed by atoms with van der Waals surface area (Å²) in [5, 5.41) is 8.79. The SMILES string of the molecule is O=C(O)N1CCc2ccccc21. The molecule has 1 heterocycles. The van der Waals surface area contributed by atoms with E-state index in [1.54, 1.807) is 0 Å². The predicted molar refractivity (Wildman–Crippen MR) is 45.5 cm³/mol. The summed E-state index contributed by atoms with van der Waals surface area (Å²) >= 11 is 0. The minimum atomic E-state index is -0.861. The molecule has 0 fully saturated rings. The average Bonchev–Trinajstić information content (AvgIpc) is 2.47. The van der Waals surface area contributed by atoms with E-state index in [0.717, 1.165) is 17.7 Å². The summed E-state index contributed by atoms with van der Waals surface area (Å²) in [6.45, 7) is 0.592. The number of carboxylic acid groups (broad SMARTS) is 1. The third-order valence-electron chi connectivity index (χ3n) is 2.12. The van der Waals surface area contributed by atoms with E-state index < -0.39 is 6.09 Å². The van der Waals surface area contributed by atoms with E-state index in [1.165, 1.54) is 4.90 Å². The Morgan fingerprint density at radius 2 is 2.17 bits per heavy atom. The Bertz CT molecular complexity index is 322. The van der Waals surface area contributed by atoms with Crippen LogP contribution in [0.25, 0.3) is 0 Å². The van der Waals surface area contributed by atoms with Crippen LogP contribution in [0.3, 0.4) is 0 Å². The van der Waals surface area contributed by atoms with E-state index in [9.17, 15) is 4.79 Å². The molecule has 0 spiro atoms. The minimum absolute atomic E-state index is 0.592. The number of amides is 1. The fraction of sp³-hybridized carbons (Fsp3) is 0.222. The molecular formula is C9H9NO2. The molecule has 0 unspecified atom stereocenters. The number of hydrogen-bond acceptors (Lipinski definition) is 1. The highest BCUT2D eigenvalue weighted by Gasteiger charge is 2.22. The Balaban J connectivity index is 2.42. The number of hydrogen-bond donors (Lipinski definition) is 1. The van der Waals surface area contributed by atoms with Crippen molar-refractivity contribution in [3.63, 3.8) is 0 Å². The summed E-state index contributed by atoms with van der Waals surface area (Å²) in [6, 6.07) is 7.61. The van der Waals surface area contributed by atoms with Crippen molar-refractivity contribution < 1.29 is 9.90 Å². The van der Waals surface area contributed by atoms with Gasteiger partial charge in [0.05, 0.1) is 5.69 Å². The highest BCUT2D eigenvalue weighted by atomic mass is 16.4. The Kier molecular flexibility index (Phi) is 1.50. The molecule has 1 aliphatic heterocycles. The monoisotopic (exact) mass is 163 g/mol. The lowest BCUT2D eigenvalue weighted by Gasteiger charge is -2.11. The van der Waals surface area contributed by atoms with Crippen LogP contribution in [-0.2, 0) is 6.42 Å². The van der Waals surface area contributed by atoms with Gasteiger partial charge >= 0.3 is 6.09 Å². The molecule has 62 valence electrons. The molecule has 1 N–H and O–H groups in total. The van der Waals surface area contributed by atoms with Crippen LogP contribution in [0.15, 0.2) is 24.3 Å². The van der Waals surface area contributed by atoms with Gasteiger partial charge in [-0.15, -0.1) is 0 Å². The van der Waals surface area contributed by atoms with Gasteiger partial charge in [-0.05, 0) is 18.1 Å². The van der Waals surface area contributed by atoms with Crippen LogP contribution < -0.4 is 4.90 Å². The first kappa shape index (κ1) is 7.16. The largest absolute Gasteiger partial charge is 0.465 e. The number of rotatable bonds is 0. The van der Waals surface area contributed by atoms with Gasteiger partial charge in [-0.25, -0.2) is 4.79 Å². The van der Waals surface area contributed by atoms with Crippen molar-refractivity contribution in [3.8, 4) is 0 Å². The van der Waals surface area contributed by atoms with E-state index >= 15 is 0 Å². The first-order chi connectivity index (χ1) is 5.79. The Morgan fingerprint density at radius 1 is 1.42 bits per heavy atom. The van der Waals surface area contributed by atoms with E-state index in [2.05, 4.69) is 0 Å². The normalized spacial score (nSPS) is 14.5. The zero-order chi connectivity index (χ0) is 8.55. The molecular weight excluding hydrogens is 154 g/mol. The van der Waals surface area contributed by atoms with Crippen molar-refractivity contribution in [2.24, 2.45) is 0 Å². The number of anilines is 1. The summed E-state index contributed by atoms with van der Waals surface area (Å²) in [5.41, 5.74) is 1.96. The van der Waals surface area contributed by atoms with Gasteiger partial charge in [0.1, 0.15) is 0 Å². The van der Waals surface area contributed by atoms with Gasteiger partial charge in [0, 0.05) is 6.54 Å². The maximum Gasteiger partial charge on any atom is 0.411 e.